The molecule has 4 nitrogen and oxygen atoms in total. The van der Waals surface area contributed by atoms with E-state index in [0.29, 0.717) is 5.56 Å². The molecule has 0 radical (unpaired) electrons. The van der Waals surface area contributed by atoms with Crippen LogP contribution in [0.1, 0.15) is 15.9 Å². The highest BCUT2D eigenvalue weighted by atomic mass is 16.4. The molecule has 0 amide bonds. The van der Waals surface area contributed by atoms with Gasteiger partial charge in [0.15, 0.2) is 0 Å². The normalized spacial score (nSPS) is 13.2. The second kappa shape index (κ2) is 2.95. The lowest BCUT2D eigenvalue weighted by Gasteiger charge is -1.96. The van der Waals surface area contributed by atoms with Crippen LogP contribution in [0, 0.1) is 0 Å². The molecule has 1 aromatic carbocycles. The third kappa shape index (κ3) is 1.04. The fraction of sp³-hybridized carbons (Fsp3) is 0.167. The standard InChI is InChI=1S/C12H9NO3/c14-11(12(15)16)9-6-13-5-4-7-2-1-3-8(9)10(7)13/h1-3,6H,4-5H2,(H,15,16). The van der Waals surface area contributed by atoms with Gasteiger partial charge in [0.2, 0.25) is 0 Å². The number of nitrogens with zero attached hydrogens (tertiary/aromatic N) is 1. The van der Waals surface area contributed by atoms with Crippen molar-refractivity contribution in [2.24, 2.45) is 0 Å². The molecule has 0 fully saturated rings. The molecule has 0 atom stereocenters. The van der Waals surface area contributed by atoms with Crippen LogP contribution in [0.4, 0.5) is 0 Å². The summed E-state index contributed by atoms with van der Waals surface area (Å²) in [6, 6.07) is 5.68. The predicted octanol–water partition coefficient (Wildman–Crippen LogP) is 1.46. The van der Waals surface area contributed by atoms with E-state index in [1.807, 2.05) is 16.7 Å². The molecular formula is C12H9NO3. The number of hydrogen-bond donors (Lipinski definition) is 1. The Morgan fingerprint density at radius 1 is 1.31 bits per heavy atom. The molecule has 2 heterocycles. The molecule has 16 heavy (non-hydrogen) atoms. The van der Waals surface area contributed by atoms with Gasteiger partial charge in [-0.25, -0.2) is 4.79 Å². The van der Waals surface area contributed by atoms with E-state index in [2.05, 4.69) is 0 Å². The Kier molecular flexibility index (Phi) is 1.68. The van der Waals surface area contributed by atoms with E-state index < -0.39 is 11.8 Å². The van der Waals surface area contributed by atoms with Gasteiger partial charge >= 0.3 is 5.97 Å². The van der Waals surface area contributed by atoms with Crippen LogP contribution in [-0.4, -0.2) is 21.4 Å². The number of carboxylic acids is 1. The number of rotatable bonds is 2. The molecule has 0 unspecified atom stereocenters. The monoisotopic (exact) mass is 215 g/mol. The summed E-state index contributed by atoms with van der Waals surface area (Å²) in [5.74, 6) is -2.23. The van der Waals surface area contributed by atoms with Crippen molar-refractivity contribution in [3.63, 3.8) is 0 Å². The highest BCUT2D eigenvalue weighted by Gasteiger charge is 2.24. The van der Waals surface area contributed by atoms with Crippen LogP contribution in [0.5, 0.6) is 0 Å². The van der Waals surface area contributed by atoms with Crippen LogP contribution in [0.15, 0.2) is 24.4 Å². The molecule has 1 aromatic heterocycles. The van der Waals surface area contributed by atoms with Gasteiger partial charge < -0.3 is 9.67 Å². The molecule has 80 valence electrons. The van der Waals surface area contributed by atoms with Crippen molar-refractivity contribution < 1.29 is 14.7 Å². The predicted molar refractivity (Wildman–Crippen MR) is 57.6 cm³/mol. The Balaban J connectivity index is 2.33. The van der Waals surface area contributed by atoms with E-state index in [0.717, 1.165) is 23.9 Å². The van der Waals surface area contributed by atoms with Crippen molar-refractivity contribution in [2.75, 3.05) is 0 Å². The van der Waals surface area contributed by atoms with Crippen LogP contribution >= 0.6 is 0 Å². The third-order valence-corrected chi connectivity index (χ3v) is 3.04. The van der Waals surface area contributed by atoms with Crippen molar-refractivity contribution in [1.82, 2.24) is 4.57 Å². The largest absolute Gasteiger partial charge is 0.475 e. The van der Waals surface area contributed by atoms with E-state index >= 15 is 0 Å². The Morgan fingerprint density at radius 3 is 2.88 bits per heavy atom. The summed E-state index contributed by atoms with van der Waals surface area (Å²) in [5.41, 5.74) is 2.48. The number of carboxylic acid groups (broad SMARTS) is 1. The highest BCUT2D eigenvalue weighted by Crippen LogP contribution is 2.30. The first kappa shape index (κ1) is 9.15. The smallest absolute Gasteiger partial charge is 0.377 e. The molecule has 1 aliphatic rings. The Labute approximate surface area is 91.1 Å². The molecule has 4 heteroatoms. The molecule has 0 bridgehead atoms. The van der Waals surface area contributed by atoms with Gasteiger partial charge in [-0.2, -0.15) is 0 Å². The number of carbonyl (C=O) groups is 2. The van der Waals surface area contributed by atoms with Crippen LogP contribution in [0.3, 0.4) is 0 Å². The number of carbonyl (C=O) groups excluding carboxylic acids is 1. The van der Waals surface area contributed by atoms with Gasteiger partial charge in [-0.3, -0.25) is 4.79 Å². The van der Waals surface area contributed by atoms with E-state index in [4.69, 9.17) is 5.11 Å². The minimum absolute atomic E-state index is 0.295. The van der Waals surface area contributed by atoms with Crippen molar-refractivity contribution in [2.45, 2.75) is 13.0 Å². The lowest BCUT2D eigenvalue weighted by atomic mass is 10.1. The maximum Gasteiger partial charge on any atom is 0.377 e. The zero-order chi connectivity index (χ0) is 11.3. The number of ketones is 1. The minimum Gasteiger partial charge on any atom is -0.475 e. The van der Waals surface area contributed by atoms with Crippen molar-refractivity contribution in [1.29, 1.82) is 0 Å². The summed E-state index contributed by atoms with van der Waals surface area (Å²) >= 11 is 0. The number of para-hydroxylation sites is 1. The molecule has 0 spiro atoms. The Bertz CT molecular complexity index is 624. The SMILES string of the molecule is O=C(O)C(=O)c1cn2c3c(cccc13)CC2. The number of aromatic nitrogens is 1. The first-order valence-corrected chi connectivity index (χ1v) is 5.07. The maximum absolute atomic E-state index is 11.5. The van der Waals surface area contributed by atoms with E-state index in [1.54, 1.807) is 12.3 Å². The summed E-state index contributed by atoms with van der Waals surface area (Å²) < 4.78 is 1.96. The van der Waals surface area contributed by atoms with Gasteiger partial charge in [0.1, 0.15) is 0 Å². The zero-order valence-electron chi connectivity index (χ0n) is 8.43. The maximum atomic E-state index is 11.5. The molecular weight excluding hydrogens is 206 g/mol. The van der Waals surface area contributed by atoms with E-state index in [1.165, 1.54) is 5.56 Å². The molecule has 0 aliphatic carbocycles. The second-order valence-corrected chi connectivity index (χ2v) is 3.93. The number of benzene rings is 1. The van der Waals surface area contributed by atoms with Gasteiger partial charge in [-0.05, 0) is 12.0 Å². The Hall–Kier alpha value is -2.10. The zero-order valence-corrected chi connectivity index (χ0v) is 8.43. The topological polar surface area (TPSA) is 59.3 Å². The van der Waals surface area contributed by atoms with Crippen LogP contribution in [0.2, 0.25) is 0 Å². The van der Waals surface area contributed by atoms with Crippen LogP contribution in [-0.2, 0) is 17.8 Å². The van der Waals surface area contributed by atoms with Crippen LogP contribution < -0.4 is 0 Å². The van der Waals surface area contributed by atoms with Gasteiger partial charge in [-0.1, -0.05) is 18.2 Å². The van der Waals surface area contributed by atoms with Gasteiger partial charge in [0.05, 0.1) is 11.1 Å². The first-order valence-electron chi connectivity index (χ1n) is 5.07. The number of hydrogen-bond acceptors (Lipinski definition) is 2. The quantitative estimate of drug-likeness (QED) is 0.609. The molecule has 1 N–H and O–H groups in total. The average Bonchev–Trinajstić information content (AvgIpc) is 2.84. The Morgan fingerprint density at radius 2 is 2.12 bits per heavy atom. The van der Waals surface area contributed by atoms with Crippen molar-refractivity contribution >= 4 is 22.7 Å². The molecule has 2 aromatic rings. The summed E-state index contributed by atoms with van der Waals surface area (Å²) in [4.78, 5) is 22.2. The van der Waals surface area contributed by atoms with Crippen molar-refractivity contribution in [3.8, 4) is 0 Å². The lowest BCUT2D eigenvalue weighted by molar-refractivity contribution is -0.131. The van der Waals surface area contributed by atoms with Crippen molar-refractivity contribution in [3.05, 3.63) is 35.5 Å². The summed E-state index contributed by atoms with van der Waals surface area (Å²) in [6.45, 7) is 0.822. The third-order valence-electron chi connectivity index (χ3n) is 3.04. The van der Waals surface area contributed by atoms with Crippen LogP contribution in [0.25, 0.3) is 10.9 Å². The average molecular weight is 215 g/mol. The van der Waals surface area contributed by atoms with E-state index in [9.17, 15) is 9.59 Å². The van der Waals surface area contributed by atoms with Gasteiger partial charge in [-0.15, -0.1) is 0 Å². The van der Waals surface area contributed by atoms with Gasteiger partial charge in [0.25, 0.3) is 5.78 Å². The fourth-order valence-electron chi connectivity index (χ4n) is 2.35. The van der Waals surface area contributed by atoms with E-state index in [-0.39, 0.29) is 0 Å². The molecule has 0 saturated heterocycles. The molecule has 1 aliphatic heterocycles. The summed E-state index contributed by atoms with van der Waals surface area (Å²) in [5, 5.41) is 9.48. The summed E-state index contributed by atoms with van der Waals surface area (Å²) in [6.07, 6.45) is 2.60. The lowest BCUT2D eigenvalue weighted by Crippen LogP contribution is -2.12. The molecule has 0 saturated carbocycles. The second-order valence-electron chi connectivity index (χ2n) is 3.93. The minimum atomic E-state index is -1.40. The first-order chi connectivity index (χ1) is 7.68. The highest BCUT2D eigenvalue weighted by molar-refractivity contribution is 6.42. The summed E-state index contributed by atoms with van der Waals surface area (Å²) in [7, 11) is 0. The molecule has 3 rings (SSSR count). The number of aliphatic carboxylic acids is 1. The fourth-order valence-corrected chi connectivity index (χ4v) is 2.35. The number of Topliss-reactive ketones (excluding diaryl/α,β-unsaturated/α-hetero) is 1. The number of aryl methyl sites for hydroxylation is 2. The van der Waals surface area contributed by atoms with Gasteiger partial charge in [0, 0.05) is 18.1 Å².